The van der Waals surface area contributed by atoms with Crippen molar-refractivity contribution in [2.45, 2.75) is 99.8 Å². The Bertz CT molecular complexity index is 462. The van der Waals surface area contributed by atoms with E-state index < -0.39 is 0 Å². The number of nitrogens with zero attached hydrogens (tertiary/aromatic N) is 1. The van der Waals surface area contributed by atoms with Crippen molar-refractivity contribution in [3.8, 4) is 0 Å². The molecule has 1 heterocycles. The van der Waals surface area contributed by atoms with Gasteiger partial charge in [-0.05, 0) is 31.6 Å². The zero-order valence-electron chi connectivity index (χ0n) is 19.4. The van der Waals surface area contributed by atoms with Gasteiger partial charge in [-0.25, -0.2) is 0 Å². The first-order chi connectivity index (χ1) is 13.3. The summed E-state index contributed by atoms with van der Waals surface area (Å²) < 4.78 is 0. The van der Waals surface area contributed by atoms with Gasteiger partial charge in [0.25, 0.3) is 0 Å². The molecule has 0 aliphatic heterocycles. The molecule has 1 rings (SSSR count). The van der Waals surface area contributed by atoms with E-state index in [2.05, 4.69) is 43.2 Å². The van der Waals surface area contributed by atoms with Crippen LogP contribution in [0.1, 0.15) is 110 Å². The quantitative estimate of drug-likeness (QED) is 0.440. The second kappa shape index (κ2) is 20.1. The maximum atomic E-state index is 10.7. The van der Waals surface area contributed by atoms with Gasteiger partial charge in [-0.2, -0.15) is 5.10 Å². The summed E-state index contributed by atoms with van der Waals surface area (Å²) in [6, 6.07) is 0. The van der Waals surface area contributed by atoms with Crippen LogP contribution in [0.15, 0.2) is 12.4 Å². The summed E-state index contributed by atoms with van der Waals surface area (Å²) in [4.78, 5) is 21.1. The first-order valence-corrected chi connectivity index (χ1v) is 11.1. The molecule has 0 saturated carbocycles. The van der Waals surface area contributed by atoms with Crippen LogP contribution in [0, 0.1) is 11.8 Å². The number of hydrogen-bond acceptors (Lipinski definition) is 3. The molecular formula is C23H45N3O2. The van der Waals surface area contributed by atoms with Crippen LogP contribution in [0.3, 0.4) is 0 Å². The van der Waals surface area contributed by atoms with E-state index in [0.29, 0.717) is 12.0 Å². The van der Waals surface area contributed by atoms with E-state index in [-0.39, 0.29) is 11.7 Å². The predicted octanol–water partition coefficient (Wildman–Crippen LogP) is 6.17. The van der Waals surface area contributed by atoms with Gasteiger partial charge >= 0.3 is 0 Å². The predicted molar refractivity (Wildman–Crippen MR) is 120 cm³/mol. The van der Waals surface area contributed by atoms with E-state index in [1.54, 1.807) is 6.20 Å². The number of amides is 1. The normalized spacial score (nSPS) is 12.0. The van der Waals surface area contributed by atoms with Crippen molar-refractivity contribution in [2.75, 3.05) is 6.54 Å². The molecule has 28 heavy (non-hydrogen) atoms. The Balaban J connectivity index is 0. The lowest BCUT2D eigenvalue weighted by Gasteiger charge is -2.10. The number of aromatic nitrogens is 2. The van der Waals surface area contributed by atoms with Crippen LogP contribution < -0.4 is 5.32 Å². The highest BCUT2D eigenvalue weighted by molar-refractivity contribution is 5.93. The van der Waals surface area contributed by atoms with Crippen LogP contribution >= 0.6 is 0 Å². The molecule has 0 aliphatic carbocycles. The number of hydrogen-bond donors (Lipinski definition) is 2. The number of ketones is 1. The third-order valence-corrected chi connectivity index (χ3v) is 4.74. The Hall–Kier alpha value is -1.65. The fourth-order valence-corrected chi connectivity index (χ4v) is 2.25. The SMILES string of the molecule is CC(=O)c1cn[nH]c1.CCC(C)CCCC(C)CC.CCCNC(=O)CCC. The summed E-state index contributed by atoms with van der Waals surface area (Å²) in [5.74, 6) is 2.11. The van der Waals surface area contributed by atoms with Crippen LogP contribution in [-0.4, -0.2) is 28.4 Å². The monoisotopic (exact) mass is 395 g/mol. The molecular weight excluding hydrogens is 350 g/mol. The highest BCUT2D eigenvalue weighted by atomic mass is 16.1. The topological polar surface area (TPSA) is 74.8 Å². The molecule has 0 radical (unpaired) electrons. The fraction of sp³-hybridized carbons (Fsp3) is 0.783. The molecule has 2 atom stereocenters. The number of aromatic amines is 1. The number of Topliss-reactive ketones (excluding diaryl/α,β-unsaturated/α-hetero) is 1. The summed E-state index contributed by atoms with van der Waals surface area (Å²) >= 11 is 0. The van der Waals surface area contributed by atoms with Gasteiger partial charge in [-0.3, -0.25) is 14.7 Å². The van der Waals surface area contributed by atoms with Crippen molar-refractivity contribution in [2.24, 2.45) is 11.8 Å². The number of carbonyl (C=O) groups is 2. The molecule has 0 spiro atoms. The summed E-state index contributed by atoms with van der Waals surface area (Å²) in [5, 5.41) is 8.93. The minimum absolute atomic E-state index is 0.0405. The second-order valence-corrected chi connectivity index (χ2v) is 7.60. The lowest BCUT2D eigenvalue weighted by molar-refractivity contribution is -0.121. The van der Waals surface area contributed by atoms with Crippen LogP contribution in [0.2, 0.25) is 0 Å². The van der Waals surface area contributed by atoms with Crippen LogP contribution in [0.5, 0.6) is 0 Å². The van der Waals surface area contributed by atoms with Crippen molar-refractivity contribution < 1.29 is 9.59 Å². The van der Waals surface area contributed by atoms with E-state index in [9.17, 15) is 9.59 Å². The molecule has 5 nitrogen and oxygen atoms in total. The van der Waals surface area contributed by atoms with Crippen molar-refractivity contribution >= 4 is 11.7 Å². The molecule has 164 valence electrons. The van der Waals surface area contributed by atoms with E-state index >= 15 is 0 Å². The molecule has 0 bridgehead atoms. The first kappa shape index (κ1) is 28.6. The van der Waals surface area contributed by atoms with Crippen molar-refractivity contribution in [3.05, 3.63) is 18.0 Å². The number of H-pyrrole nitrogens is 1. The lowest BCUT2D eigenvalue weighted by atomic mass is 9.96. The minimum Gasteiger partial charge on any atom is -0.356 e. The second-order valence-electron chi connectivity index (χ2n) is 7.60. The van der Waals surface area contributed by atoms with Crippen LogP contribution in [0.25, 0.3) is 0 Å². The third kappa shape index (κ3) is 19.1. The molecule has 0 aromatic carbocycles. The molecule has 0 fully saturated rings. The van der Waals surface area contributed by atoms with Crippen LogP contribution in [-0.2, 0) is 4.79 Å². The van der Waals surface area contributed by atoms with E-state index in [1.807, 2.05) is 13.8 Å². The van der Waals surface area contributed by atoms with E-state index in [1.165, 1.54) is 45.2 Å². The summed E-state index contributed by atoms with van der Waals surface area (Å²) in [7, 11) is 0. The van der Waals surface area contributed by atoms with E-state index in [4.69, 9.17) is 0 Å². The molecule has 2 N–H and O–H groups in total. The Kier molecular flexibility index (Phi) is 20.5. The van der Waals surface area contributed by atoms with E-state index in [0.717, 1.165) is 31.2 Å². The molecule has 0 saturated heterocycles. The van der Waals surface area contributed by atoms with Crippen LogP contribution in [0.4, 0.5) is 0 Å². The Morgan fingerprint density at radius 3 is 1.93 bits per heavy atom. The minimum atomic E-state index is 0.0405. The van der Waals surface area contributed by atoms with Gasteiger partial charge in [0, 0.05) is 19.2 Å². The van der Waals surface area contributed by atoms with Gasteiger partial charge in [-0.1, -0.05) is 73.6 Å². The van der Waals surface area contributed by atoms with Crippen molar-refractivity contribution in [3.63, 3.8) is 0 Å². The smallest absolute Gasteiger partial charge is 0.219 e. The molecule has 1 aromatic heterocycles. The molecule has 1 amide bonds. The zero-order valence-corrected chi connectivity index (χ0v) is 19.4. The average molecular weight is 396 g/mol. The fourth-order valence-electron chi connectivity index (χ4n) is 2.25. The average Bonchev–Trinajstić information content (AvgIpc) is 3.22. The molecule has 0 aliphatic rings. The van der Waals surface area contributed by atoms with Crippen molar-refractivity contribution in [1.29, 1.82) is 0 Å². The largest absolute Gasteiger partial charge is 0.356 e. The molecule has 5 heteroatoms. The van der Waals surface area contributed by atoms with Gasteiger partial charge in [0.05, 0.1) is 11.8 Å². The first-order valence-electron chi connectivity index (χ1n) is 11.1. The standard InChI is InChI=1S/C11H24.C7H15NO.C5H6N2O/c1-5-10(3)8-7-9-11(4)6-2;1-3-5-7(9)8-6-4-2;1-4(8)5-2-6-7-3-5/h10-11H,5-9H2,1-4H3;3-6H2,1-2H3,(H,8,9);2-3H,1H3,(H,6,7). The number of carbonyl (C=O) groups excluding carboxylic acids is 2. The number of nitrogens with one attached hydrogen (secondary N) is 2. The zero-order chi connectivity index (χ0) is 21.8. The Morgan fingerprint density at radius 2 is 1.61 bits per heavy atom. The summed E-state index contributed by atoms with van der Waals surface area (Å²) in [6.45, 7) is 15.7. The van der Waals surface area contributed by atoms with Gasteiger partial charge in [0.2, 0.25) is 5.91 Å². The van der Waals surface area contributed by atoms with Crippen molar-refractivity contribution in [1.82, 2.24) is 15.5 Å². The highest BCUT2D eigenvalue weighted by Crippen LogP contribution is 2.16. The molecule has 1 aromatic rings. The summed E-state index contributed by atoms with van der Waals surface area (Å²) in [6.07, 6.45) is 12.7. The number of rotatable bonds is 11. The Labute approximate surface area is 173 Å². The highest BCUT2D eigenvalue weighted by Gasteiger charge is 2.01. The third-order valence-electron chi connectivity index (χ3n) is 4.74. The van der Waals surface area contributed by atoms with Gasteiger partial charge in [-0.15, -0.1) is 0 Å². The van der Waals surface area contributed by atoms with Gasteiger partial charge in [0.15, 0.2) is 5.78 Å². The molecule has 2 unspecified atom stereocenters. The maximum Gasteiger partial charge on any atom is 0.219 e. The summed E-state index contributed by atoms with van der Waals surface area (Å²) in [5.41, 5.74) is 0.630. The Morgan fingerprint density at radius 1 is 1.04 bits per heavy atom. The van der Waals surface area contributed by atoms with Gasteiger partial charge < -0.3 is 5.32 Å². The lowest BCUT2D eigenvalue weighted by Crippen LogP contribution is -2.23. The maximum absolute atomic E-state index is 10.7. The van der Waals surface area contributed by atoms with Gasteiger partial charge in [0.1, 0.15) is 0 Å².